The number of Topliss-reactive ketones (excluding diaryl/α,β-unsaturated/α-hetero) is 1. The fraction of sp³-hybridized carbons (Fsp3) is 0.667. The van der Waals surface area contributed by atoms with Crippen LogP contribution in [0.4, 0.5) is 0 Å². The van der Waals surface area contributed by atoms with Crippen molar-refractivity contribution in [3.05, 3.63) is 23.3 Å². The molecule has 0 amide bonds. The molecule has 0 aliphatic heterocycles. The number of phenolic OH excluding ortho intramolecular Hbond substituents is 2. The molecule has 0 saturated carbocycles. The van der Waals surface area contributed by atoms with Crippen molar-refractivity contribution in [1.29, 1.82) is 0 Å². The maximum Gasteiger partial charge on any atom is 0.166 e. The zero-order valence-corrected chi connectivity index (χ0v) is 15.4. The van der Waals surface area contributed by atoms with Crippen LogP contribution in [-0.4, -0.2) is 16.0 Å². The number of aromatic hydroxyl groups is 2. The van der Waals surface area contributed by atoms with Crippen LogP contribution in [-0.2, 0) is 0 Å². The standard InChI is InChI=1S/C21H34O3/c1-3-4-5-6-7-8-9-10-11-12-13-14-19(22)18-16-20(23)17(2)15-21(18)24/h15-16,23-24H,3-14H2,1-2H3. The molecule has 3 heteroatoms. The molecule has 0 radical (unpaired) electrons. The summed E-state index contributed by atoms with van der Waals surface area (Å²) in [6.45, 7) is 3.95. The van der Waals surface area contributed by atoms with E-state index in [1.54, 1.807) is 6.92 Å². The van der Waals surface area contributed by atoms with Crippen LogP contribution in [0.2, 0.25) is 0 Å². The van der Waals surface area contributed by atoms with E-state index in [9.17, 15) is 15.0 Å². The zero-order chi connectivity index (χ0) is 17.8. The van der Waals surface area contributed by atoms with Gasteiger partial charge in [0.2, 0.25) is 0 Å². The first-order valence-corrected chi connectivity index (χ1v) is 9.62. The molecule has 1 aromatic carbocycles. The fourth-order valence-electron chi connectivity index (χ4n) is 2.99. The molecule has 3 nitrogen and oxygen atoms in total. The Morgan fingerprint density at radius 1 is 0.792 bits per heavy atom. The van der Waals surface area contributed by atoms with Gasteiger partial charge in [-0.1, -0.05) is 71.1 Å². The number of phenols is 2. The maximum atomic E-state index is 12.1. The van der Waals surface area contributed by atoms with Gasteiger partial charge in [-0.2, -0.15) is 0 Å². The van der Waals surface area contributed by atoms with Crippen molar-refractivity contribution < 1.29 is 15.0 Å². The Morgan fingerprint density at radius 3 is 1.83 bits per heavy atom. The lowest BCUT2D eigenvalue weighted by molar-refractivity contribution is 0.0976. The number of carbonyl (C=O) groups is 1. The van der Waals surface area contributed by atoms with E-state index in [0.29, 0.717) is 12.0 Å². The van der Waals surface area contributed by atoms with Crippen LogP contribution in [0.15, 0.2) is 12.1 Å². The third-order valence-corrected chi connectivity index (χ3v) is 4.62. The van der Waals surface area contributed by atoms with Gasteiger partial charge in [0.25, 0.3) is 0 Å². The molecule has 0 bridgehead atoms. The van der Waals surface area contributed by atoms with E-state index in [1.165, 1.54) is 69.9 Å². The van der Waals surface area contributed by atoms with Gasteiger partial charge >= 0.3 is 0 Å². The molecule has 0 aromatic heterocycles. The summed E-state index contributed by atoms with van der Waals surface area (Å²) in [4.78, 5) is 12.1. The van der Waals surface area contributed by atoms with Gasteiger partial charge in [0.1, 0.15) is 11.5 Å². The van der Waals surface area contributed by atoms with Crippen LogP contribution in [0, 0.1) is 6.92 Å². The van der Waals surface area contributed by atoms with E-state index in [0.717, 1.165) is 12.8 Å². The quantitative estimate of drug-likeness (QED) is 0.253. The van der Waals surface area contributed by atoms with Crippen LogP contribution in [0.5, 0.6) is 11.5 Å². The van der Waals surface area contributed by atoms with Crippen molar-refractivity contribution in [1.82, 2.24) is 0 Å². The van der Waals surface area contributed by atoms with Crippen molar-refractivity contribution >= 4 is 5.78 Å². The lowest BCUT2D eigenvalue weighted by atomic mass is 10.0. The smallest absolute Gasteiger partial charge is 0.166 e. The molecular weight excluding hydrogens is 300 g/mol. The number of rotatable bonds is 13. The van der Waals surface area contributed by atoms with E-state index in [-0.39, 0.29) is 22.8 Å². The van der Waals surface area contributed by atoms with Gasteiger partial charge < -0.3 is 10.2 Å². The lowest BCUT2D eigenvalue weighted by Crippen LogP contribution is -2.00. The van der Waals surface area contributed by atoms with Gasteiger partial charge in [-0.15, -0.1) is 0 Å². The van der Waals surface area contributed by atoms with Crippen molar-refractivity contribution in [2.45, 2.75) is 90.9 Å². The van der Waals surface area contributed by atoms with E-state index >= 15 is 0 Å². The van der Waals surface area contributed by atoms with Gasteiger partial charge in [0, 0.05) is 6.42 Å². The molecule has 0 aliphatic rings. The number of unbranched alkanes of at least 4 members (excludes halogenated alkanes) is 10. The first-order valence-electron chi connectivity index (χ1n) is 9.62. The minimum absolute atomic E-state index is 0.0293. The van der Waals surface area contributed by atoms with E-state index in [4.69, 9.17) is 0 Å². The van der Waals surface area contributed by atoms with Gasteiger partial charge in [0.15, 0.2) is 5.78 Å². The van der Waals surface area contributed by atoms with Crippen LogP contribution >= 0.6 is 0 Å². The Kier molecular flexibility index (Phi) is 10.2. The molecule has 1 rings (SSSR count). The number of aryl methyl sites for hydroxylation is 1. The Bertz CT molecular complexity index is 494. The maximum absolute atomic E-state index is 12.1. The average molecular weight is 334 g/mol. The molecule has 0 unspecified atom stereocenters. The third-order valence-electron chi connectivity index (χ3n) is 4.62. The number of ketones is 1. The highest BCUT2D eigenvalue weighted by Gasteiger charge is 2.13. The first kappa shape index (κ1) is 20.5. The number of hydrogen-bond donors (Lipinski definition) is 2. The van der Waals surface area contributed by atoms with E-state index in [1.807, 2.05) is 0 Å². The molecule has 0 spiro atoms. The monoisotopic (exact) mass is 334 g/mol. The first-order chi connectivity index (χ1) is 11.6. The minimum atomic E-state index is -0.0845. The van der Waals surface area contributed by atoms with E-state index in [2.05, 4.69) is 6.92 Å². The summed E-state index contributed by atoms with van der Waals surface area (Å²) < 4.78 is 0. The summed E-state index contributed by atoms with van der Waals surface area (Å²) in [5.74, 6) is -0.0489. The predicted molar refractivity (Wildman–Crippen MR) is 99.9 cm³/mol. The largest absolute Gasteiger partial charge is 0.508 e. The molecule has 24 heavy (non-hydrogen) atoms. The molecule has 0 atom stereocenters. The Labute approximate surface area is 147 Å². The van der Waals surface area contributed by atoms with Crippen LogP contribution in [0.1, 0.15) is 99.9 Å². The summed E-state index contributed by atoms with van der Waals surface area (Å²) in [5.41, 5.74) is 0.823. The zero-order valence-electron chi connectivity index (χ0n) is 15.4. The topological polar surface area (TPSA) is 57.5 Å². The highest BCUT2D eigenvalue weighted by Crippen LogP contribution is 2.28. The van der Waals surface area contributed by atoms with Gasteiger partial charge in [0.05, 0.1) is 5.56 Å². The summed E-state index contributed by atoms with van der Waals surface area (Å²) in [6, 6.07) is 2.83. The lowest BCUT2D eigenvalue weighted by Gasteiger charge is -2.07. The molecular formula is C21H34O3. The second kappa shape index (κ2) is 11.9. The van der Waals surface area contributed by atoms with Crippen molar-refractivity contribution in [3.63, 3.8) is 0 Å². The Morgan fingerprint density at radius 2 is 1.29 bits per heavy atom. The number of benzene rings is 1. The summed E-state index contributed by atoms with van der Waals surface area (Å²) in [6.07, 6.45) is 14.2. The van der Waals surface area contributed by atoms with Crippen LogP contribution in [0.3, 0.4) is 0 Å². The Balaban J connectivity index is 2.09. The van der Waals surface area contributed by atoms with Crippen LogP contribution in [0.25, 0.3) is 0 Å². The SMILES string of the molecule is CCCCCCCCCCCCCC(=O)c1cc(O)c(C)cc1O. The van der Waals surface area contributed by atoms with Crippen molar-refractivity contribution in [3.8, 4) is 11.5 Å². The molecule has 1 aromatic rings. The predicted octanol–water partition coefficient (Wildman–Crippen LogP) is 6.29. The second-order valence-corrected chi connectivity index (χ2v) is 6.86. The minimum Gasteiger partial charge on any atom is -0.508 e. The van der Waals surface area contributed by atoms with Gasteiger partial charge in [-0.3, -0.25) is 4.79 Å². The molecule has 2 N–H and O–H groups in total. The summed E-state index contributed by atoms with van der Waals surface area (Å²) in [5, 5.41) is 19.5. The highest BCUT2D eigenvalue weighted by molar-refractivity contribution is 5.99. The molecule has 0 aliphatic carbocycles. The second-order valence-electron chi connectivity index (χ2n) is 6.86. The number of hydrogen-bond acceptors (Lipinski definition) is 3. The van der Waals surface area contributed by atoms with Crippen molar-refractivity contribution in [2.75, 3.05) is 0 Å². The fourth-order valence-corrected chi connectivity index (χ4v) is 2.99. The van der Waals surface area contributed by atoms with E-state index < -0.39 is 0 Å². The summed E-state index contributed by atoms with van der Waals surface area (Å²) >= 11 is 0. The van der Waals surface area contributed by atoms with Crippen LogP contribution < -0.4 is 0 Å². The number of carbonyl (C=O) groups excluding carboxylic acids is 1. The normalized spacial score (nSPS) is 10.9. The van der Waals surface area contributed by atoms with Gasteiger partial charge in [-0.25, -0.2) is 0 Å². The highest BCUT2D eigenvalue weighted by atomic mass is 16.3. The van der Waals surface area contributed by atoms with Crippen molar-refractivity contribution in [2.24, 2.45) is 0 Å². The van der Waals surface area contributed by atoms with Gasteiger partial charge in [-0.05, 0) is 31.0 Å². The average Bonchev–Trinajstić information content (AvgIpc) is 2.55. The molecule has 136 valence electrons. The summed E-state index contributed by atoms with van der Waals surface area (Å²) in [7, 11) is 0. The Hall–Kier alpha value is -1.51. The molecule has 0 saturated heterocycles. The third kappa shape index (κ3) is 7.85. The molecule has 0 fully saturated rings. The molecule has 0 heterocycles.